The molecule has 1 rings (SSSR count). The summed E-state index contributed by atoms with van der Waals surface area (Å²) in [5.74, 6) is 0. The first-order valence-corrected chi connectivity index (χ1v) is 17.2. The van der Waals surface area contributed by atoms with Crippen LogP contribution in [-0.4, -0.2) is 24.0 Å². The van der Waals surface area contributed by atoms with Crippen LogP contribution in [0.25, 0.3) is 0 Å². The van der Waals surface area contributed by atoms with E-state index in [1.165, 1.54) is 0 Å². The van der Waals surface area contributed by atoms with Gasteiger partial charge < -0.3 is 0 Å². The minimum absolute atomic E-state index is 0.878. The molecule has 48 valence electrons. The maximum absolute atomic E-state index is 2.04. The van der Waals surface area contributed by atoms with Crippen molar-refractivity contribution < 1.29 is 0 Å². The molecule has 0 unspecified atom stereocenters. The van der Waals surface area contributed by atoms with Crippen molar-refractivity contribution in [2.45, 2.75) is 0 Å². The van der Waals surface area contributed by atoms with Gasteiger partial charge in [-0.25, -0.2) is 0 Å². The second-order valence-corrected chi connectivity index (χ2v) is 24.7. The average Bonchev–Trinajstić information content (AvgIpc) is 1.62. The first kappa shape index (κ1) is 9.23. The van der Waals surface area contributed by atoms with E-state index in [4.69, 9.17) is 0 Å². The van der Waals surface area contributed by atoms with Gasteiger partial charge in [-0.1, -0.05) is 0 Å². The quantitative estimate of drug-likeness (QED) is 0.483. The molecule has 0 spiro atoms. The molecule has 0 aliphatic carbocycles. The van der Waals surface area contributed by atoms with Gasteiger partial charge in [0.15, 0.2) is 0 Å². The van der Waals surface area contributed by atoms with E-state index in [2.05, 4.69) is 0 Å². The molecular formula is S6Se2. The predicted octanol–water partition coefficient (Wildman–Crippen LogP) is 3.13. The molecule has 0 saturated carbocycles. The Morgan fingerprint density at radius 1 is 0.625 bits per heavy atom. The molecule has 1 fully saturated rings. The Hall–Kier alpha value is 3.14. The molecule has 1 aliphatic heterocycles. The van der Waals surface area contributed by atoms with Crippen LogP contribution < -0.4 is 0 Å². The topological polar surface area (TPSA) is 0 Å². The molecule has 0 aromatic heterocycles. The SMILES string of the molecule is S1SSS[Se][Se]SS1. The summed E-state index contributed by atoms with van der Waals surface area (Å²) in [6, 6.07) is 0. The first-order valence-electron chi connectivity index (χ1n) is 1.33. The van der Waals surface area contributed by atoms with E-state index < -0.39 is 0 Å². The van der Waals surface area contributed by atoms with Crippen molar-refractivity contribution in [3.05, 3.63) is 0 Å². The zero-order chi connectivity index (χ0) is 5.66. The second-order valence-electron chi connectivity index (χ2n) is 0.544. The van der Waals surface area contributed by atoms with Gasteiger partial charge in [-0.3, -0.25) is 0 Å². The molecule has 8 heavy (non-hydrogen) atoms. The van der Waals surface area contributed by atoms with Crippen LogP contribution in [-0.2, 0) is 0 Å². The van der Waals surface area contributed by atoms with E-state index in [0.29, 0.717) is 0 Å². The van der Waals surface area contributed by atoms with Crippen LogP contribution in [0.15, 0.2) is 0 Å². The molecule has 1 saturated heterocycles. The molecule has 0 radical (unpaired) electrons. The average molecular weight is 350 g/mol. The summed E-state index contributed by atoms with van der Waals surface area (Å²) in [5, 5.41) is 0. The van der Waals surface area contributed by atoms with Crippen molar-refractivity contribution in [2.75, 3.05) is 0 Å². The van der Waals surface area contributed by atoms with E-state index >= 15 is 0 Å². The van der Waals surface area contributed by atoms with Crippen LogP contribution in [0, 0.1) is 0 Å². The zero-order valence-corrected chi connectivity index (χ0v) is 11.6. The van der Waals surface area contributed by atoms with Gasteiger partial charge in [0, 0.05) is 0 Å². The van der Waals surface area contributed by atoms with E-state index in [1.54, 1.807) is 0 Å². The summed E-state index contributed by atoms with van der Waals surface area (Å²) in [4.78, 5) is 0. The minimum atomic E-state index is 0.878. The summed E-state index contributed by atoms with van der Waals surface area (Å²) in [6.07, 6.45) is 0. The standard InChI is InChI=1S/S6Se2/c1-2-4-6-8-7-5-3-1. The van der Waals surface area contributed by atoms with Crippen LogP contribution in [0.4, 0.5) is 0 Å². The van der Waals surface area contributed by atoms with Gasteiger partial charge in [0.05, 0.1) is 0 Å². The molecule has 0 amide bonds. The van der Waals surface area contributed by atoms with Crippen LogP contribution in [0.5, 0.6) is 0 Å². The van der Waals surface area contributed by atoms with E-state index in [-0.39, 0.29) is 0 Å². The van der Waals surface area contributed by atoms with Crippen molar-refractivity contribution in [2.24, 2.45) is 0 Å². The summed E-state index contributed by atoms with van der Waals surface area (Å²) >= 11 is 1.76. The normalized spacial score (nSPS) is 24.0. The Balaban J connectivity index is 2.00. The Labute approximate surface area is 80.4 Å². The van der Waals surface area contributed by atoms with Gasteiger partial charge in [-0.05, 0) is 0 Å². The van der Waals surface area contributed by atoms with Crippen LogP contribution in [0.3, 0.4) is 0 Å². The molecule has 0 aromatic rings. The molecule has 0 aromatic carbocycles. The number of rotatable bonds is 0. The fourth-order valence-corrected chi connectivity index (χ4v) is 48.1. The van der Waals surface area contributed by atoms with Gasteiger partial charge in [0.25, 0.3) is 0 Å². The van der Waals surface area contributed by atoms with Gasteiger partial charge >= 0.3 is 81.7 Å². The Bertz CT molecular complexity index is 30.5. The number of hydrogen-bond donors (Lipinski definition) is 0. The Morgan fingerprint density at radius 2 is 1.12 bits per heavy atom. The van der Waals surface area contributed by atoms with Crippen LogP contribution >= 0.6 is 57.7 Å². The first-order chi connectivity index (χ1) is 4.00. The van der Waals surface area contributed by atoms with E-state index in [1.807, 2.05) is 57.7 Å². The maximum atomic E-state index is 2.04. The fraction of sp³-hybridized carbons (Fsp3) is 0. The van der Waals surface area contributed by atoms with Crippen molar-refractivity contribution in [1.82, 2.24) is 0 Å². The van der Waals surface area contributed by atoms with Gasteiger partial charge in [0.2, 0.25) is 0 Å². The third kappa shape index (κ3) is 4.88. The molecule has 0 N–H and O–H groups in total. The fourth-order valence-electron chi connectivity index (χ4n) is 0.0907. The third-order valence-electron chi connectivity index (χ3n) is 0.222. The summed E-state index contributed by atoms with van der Waals surface area (Å²) in [7, 11) is 11.7. The van der Waals surface area contributed by atoms with E-state index in [9.17, 15) is 0 Å². The monoisotopic (exact) mass is 352 g/mol. The van der Waals surface area contributed by atoms with Crippen molar-refractivity contribution in [3.8, 4) is 0 Å². The summed E-state index contributed by atoms with van der Waals surface area (Å²) in [5.41, 5.74) is 0. The van der Waals surface area contributed by atoms with Crippen molar-refractivity contribution in [1.29, 1.82) is 0 Å². The summed E-state index contributed by atoms with van der Waals surface area (Å²) < 4.78 is 0. The molecule has 0 bridgehead atoms. The summed E-state index contributed by atoms with van der Waals surface area (Å²) in [6.45, 7) is 0. The molecular weight excluding hydrogens is 350 g/mol. The molecule has 0 nitrogen and oxygen atoms in total. The molecule has 1 aliphatic rings. The third-order valence-corrected chi connectivity index (χ3v) is 34.8. The van der Waals surface area contributed by atoms with Gasteiger partial charge in [-0.2, -0.15) is 0 Å². The molecule has 0 atom stereocenters. The van der Waals surface area contributed by atoms with Crippen LogP contribution in [0.2, 0.25) is 0 Å². The number of hydrogen-bond acceptors (Lipinski definition) is 6. The van der Waals surface area contributed by atoms with Crippen molar-refractivity contribution in [3.63, 3.8) is 0 Å². The van der Waals surface area contributed by atoms with E-state index in [0.717, 1.165) is 24.0 Å². The Morgan fingerprint density at radius 3 is 1.62 bits per heavy atom. The molecule has 1 heterocycles. The van der Waals surface area contributed by atoms with Crippen LogP contribution in [0.1, 0.15) is 0 Å². The Kier molecular flexibility index (Phi) is 7.87. The molecule has 8 heteroatoms. The predicted molar refractivity (Wildman–Crippen MR) is 57.1 cm³/mol. The van der Waals surface area contributed by atoms with Crippen molar-refractivity contribution >= 4 is 81.7 Å². The second kappa shape index (κ2) is 6.82. The zero-order valence-electron chi connectivity index (χ0n) is 3.27. The van der Waals surface area contributed by atoms with Gasteiger partial charge in [-0.15, -0.1) is 0 Å². The van der Waals surface area contributed by atoms with Gasteiger partial charge in [0.1, 0.15) is 0 Å².